The van der Waals surface area contributed by atoms with Crippen molar-refractivity contribution in [3.05, 3.63) is 0 Å². The maximum absolute atomic E-state index is 12.8. The standard InChI is InChI=1S/C10H16BF3NO2.K/c1-9(2,3)17-8(16)15-5-7-4-10(7,6-15)11(12,13)14;/h7H,4-6H2,1-3H3;/q-1;+1/t7-,10-;/m0./s1. The first-order valence-corrected chi connectivity index (χ1v) is 5.72. The summed E-state index contributed by atoms with van der Waals surface area (Å²) in [6.45, 7) is 0.180. The quantitative estimate of drug-likeness (QED) is 0.628. The minimum Gasteiger partial charge on any atom is -0.448 e. The van der Waals surface area contributed by atoms with Gasteiger partial charge in [-0.05, 0) is 32.0 Å². The van der Waals surface area contributed by atoms with Crippen LogP contribution in [0, 0.1) is 5.92 Å². The zero-order valence-electron chi connectivity index (χ0n) is 11.2. The number of fused-ring (bicyclic) bond motifs is 1. The minimum absolute atomic E-state index is 0. The van der Waals surface area contributed by atoms with Gasteiger partial charge in [0.15, 0.2) is 0 Å². The topological polar surface area (TPSA) is 29.5 Å². The number of halogens is 3. The molecule has 2 atom stereocenters. The molecule has 1 aliphatic heterocycles. The molecule has 1 aliphatic carbocycles. The first-order valence-electron chi connectivity index (χ1n) is 5.72. The minimum atomic E-state index is -4.87. The van der Waals surface area contributed by atoms with Crippen molar-refractivity contribution in [1.29, 1.82) is 0 Å². The number of ether oxygens (including phenoxy) is 1. The number of hydrogen-bond donors (Lipinski definition) is 0. The second-order valence-electron chi connectivity index (χ2n) is 6.07. The molecule has 2 rings (SSSR count). The summed E-state index contributed by atoms with van der Waals surface area (Å²) in [7, 11) is 0. The third kappa shape index (κ3) is 3.08. The largest absolute Gasteiger partial charge is 1.00 e. The second kappa shape index (κ2) is 4.95. The fraction of sp³-hybridized carbons (Fsp3) is 0.900. The number of rotatable bonds is 1. The van der Waals surface area contributed by atoms with E-state index in [9.17, 15) is 17.7 Å². The number of hydrogen-bond acceptors (Lipinski definition) is 2. The number of carbonyl (C=O) groups is 1. The van der Waals surface area contributed by atoms with Gasteiger partial charge in [-0.25, -0.2) is 4.79 Å². The van der Waals surface area contributed by atoms with E-state index in [1.165, 1.54) is 4.90 Å². The third-order valence-corrected chi connectivity index (χ3v) is 3.51. The van der Waals surface area contributed by atoms with Crippen LogP contribution in [0.2, 0.25) is 5.31 Å². The van der Waals surface area contributed by atoms with Crippen LogP contribution in [0.25, 0.3) is 0 Å². The van der Waals surface area contributed by atoms with Crippen molar-refractivity contribution in [3.8, 4) is 0 Å². The van der Waals surface area contributed by atoms with Crippen LogP contribution >= 0.6 is 0 Å². The molecule has 0 bridgehead atoms. The molecule has 8 heteroatoms. The van der Waals surface area contributed by atoms with Crippen molar-refractivity contribution in [1.82, 2.24) is 4.90 Å². The molecular weight excluding hydrogens is 273 g/mol. The van der Waals surface area contributed by atoms with E-state index in [0.29, 0.717) is 0 Å². The Hall–Kier alpha value is 0.761. The van der Waals surface area contributed by atoms with Gasteiger partial charge in [0, 0.05) is 13.1 Å². The Morgan fingerprint density at radius 3 is 2.33 bits per heavy atom. The Bertz CT molecular complexity index is 358. The SMILES string of the molecule is CC(C)(C)OC(=O)N1C[C@@H]2C[C@]2([B-](F)(F)F)C1.[K+]. The molecule has 1 saturated heterocycles. The predicted molar refractivity (Wildman–Crippen MR) is 57.7 cm³/mol. The maximum Gasteiger partial charge on any atom is 1.00 e. The van der Waals surface area contributed by atoms with Crippen molar-refractivity contribution in [2.45, 2.75) is 38.1 Å². The molecule has 0 N–H and O–H groups in total. The van der Waals surface area contributed by atoms with E-state index in [1.54, 1.807) is 20.8 Å². The molecule has 1 saturated carbocycles. The summed E-state index contributed by atoms with van der Waals surface area (Å²) >= 11 is 0. The first-order chi connectivity index (χ1) is 7.55. The second-order valence-corrected chi connectivity index (χ2v) is 6.07. The van der Waals surface area contributed by atoms with Crippen molar-refractivity contribution in [2.75, 3.05) is 13.1 Å². The van der Waals surface area contributed by atoms with E-state index in [0.717, 1.165) is 0 Å². The Morgan fingerprint density at radius 2 is 1.94 bits per heavy atom. The number of piperidine rings is 1. The van der Waals surface area contributed by atoms with E-state index < -0.39 is 29.9 Å². The smallest absolute Gasteiger partial charge is 0.448 e. The Kier molecular flexibility index (Phi) is 4.62. The third-order valence-electron chi connectivity index (χ3n) is 3.51. The van der Waals surface area contributed by atoms with Gasteiger partial charge in [-0.1, -0.05) is 6.42 Å². The van der Waals surface area contributed by atoms with E-state index >= 15 is 0 Å². The average molecular weight is 289 g/mol. The summed E-state index contributed by atoms with van der Waals surface area (Å²) in [5.41, 5.74) is -0.666. The Labute approximate surface area is 147 Å². The zero-order valence-corrected chi connectivity index (χ0v) is 14.3. The van der Waals surface area contributed by atoms with Crippen molar-refractivity contribution in [3.63, 3.8) is 0 Å². The van der Waals surface area contributed by atoms with Crippen molar-refractivity contribution >= 4 is 13.1 Å². The van der Waals surface area contributed by atoms with E-state index in [-0.39, 0.29) is 70.9 Å². The molecule has 98 valence electrons. The predicted octanol–water partition coefficient (Wildman–Crippen LogP) is -0.151. The van der Waals surface area contributed by atoms with Gasteiger partial charge < -0.3 is 22.6 Å². The molecular formula is C10H16BF3KNO2. The number of likely N-dealkylation sites (tertiary alicyclic amines) is 1. The summed E-state index contributed by atoms with van der Waals surface area (Å²) in [4.78, 5) is 12.8. The molecule has 0 aromatic rings. The van der Waals surface area contributed by atoms with Gasteiger partial charge in [0.25, 0.3) is 0 Å². The van der Waals surface area contributed by atoms with E-state index in [4.69, 9.17) is 4.74 Å². The molecule has 3 nitrogen and oxygen atoms in total. The van der Waals surface area contributed by atoms with Crippen LogP contribution in [0.15, 0.2) is 0 Å². The maximum atomic E-state index is 12.8. The van der Waals surface area contributed by atoms with Gasteiger partial charge in [-0.15, -0.1) is 0 Å². The van der Waals surface area contributed by atoms with Gasteiger partial charge >= 0.3 is 64.5 Å². The fourth-order valence-electron chi connectivity index (χ4n) is 2.50. The zero-order chi connectivity index (χ0) is 13.1. The van der Waals surface area contributed by atoms with Crippen LogP contribution < -0.4 is 51.4 Å². The van der Waals surface area contributed by atoms with Crippen LogP contribution in [-0.4, -0.2) is 36.7 Å². The normalized spacial score (nSPS) is 30.6. The molecule has 0 aromatic carbocycles. The summed E-state index contributed by atoms with van der Waals surface area (Å²) in [5, 5.41) is -1.59. The fourth-order valence-corrected chi connectivity index (χ4v) is 2.50. The van der Waals surface area contributed by atoms with Crippen LogP contribution in [0.4, 0.5) is 17.7 Å². The molecule has 2 aliphatic rings. The molecule has 2 fully saturated rings. The molecule has 0 aromatic heterocycles. The van der Waals surface area contributed by atoms with Gasteiger partial charge in [0.1, 0.15) is 5.60 Å². The molecule has 1 heterocycles. The Morgan fingerprint density at radius 1 is 1.39 bits per heavy atom. The first kappa shape index (κ1) is 16.8. The molecule has 0 unspecified atom stereocenters. The molecule has 0 radical (unpaired) electrons. The van der Waals surface area contributed by atoms with Gasteiger partial charge in [-0.3, -0.25) is 0 Å². The van der Waals surface area contributed by atoms with Crippen molar-refractivity contribution in [2.24, 2.45) is 5.92 Å². The van der Waals surface area contributed by atoms with Crippen molar-refractivity contribution < 1.29 is 73.9 Å². The van der Waals surface area contributed by atoms with E-state index in [1.807, 2.05) is 0 Å². The van der Waals surface area contributed by atoms with Gasteiger partial charge in [-0.2, -0.15) is 0 Å². The number of amides is 1. The summed E-state index contributed by atoms with van der Waals surface area (Å²) in [6, 6.07) is 0. The average Bonchev–Trinajstić information content (AvgIpc) is 2.66. The van der Waals surface area contributed by atoms with Gasteiger partial charge in [0.05, 0.1) is 0 Å². The van der Waals surface area contributed by atoms with Gasteiger partial charge in [0.2, 0.25) is 0 Å². The molecule has 0 spiro atoms. The molecule has 1 amide bonds. The number of nitrogens with zero attached hydrogens (tertiary/aromatic N) is 1. The van der Waals surface area contributed by atoms with Crippen LogP contribution in [-0.2, 0) is 4.74 Å². The summed E-state index contributed by atoms with van der Waals surface area (Å²) < 4.78 is 43.6. The van der Waals surface area contributed by atoms with Crippen LogP contribution in [0.1, 0.15) is 27.2 Å². The molecule has 18 heavy (non-hydrogen) atoms. The Balaban J connectivity index is 0.00000162. The van der Waals surface area contributed by atoms with Crippen LogP contribution in [0.3, 0.4) is 0 Å². The van der Waals surface area contributed by atoms with Crippen LogP contribution in [0.5, 0.6) is 0 Å². The monoisotopic (exact) mass is 289 g/mol. The number of carbonyl (C=O) groups excluding carboxylic acids is 1. The summed E-state index contributed by atoms with van der Waals surface area (Å²) in [6.07, 6.45) is -0.459. The van der Waals surface area contributed by atoms with E-state index in [2.05, 4.69) is 0 Å². The summed E-state index contributed by atoms with van der Waals surface area (Å²) in [5.74, 6) is -0.407.